The van der Waals surface area contributed by atoms with Gasteiger partial charge in [-0.15, -0.1) is 11.3 Å². The van der Waals surface area contributed by atoms with Crippen molar-refractivity contribution in [3.05, 3.63) is 16.1 Å². The van der Waals surface area contributed by atoms with Gasteiger partial charge in [0.25, 0.3) is 0 Å². The maximum absolute atomic E-state index is 10.8. The molecule has 4 heteroatoms. The van der Waals surface area contributed by atoms with Gasteiger partial charge < -0.3 is 10.0 Å². The molecule has 0 spiro atoms. The third-order valence-electron chi connectivity index (χ3n) is 4.16. The Morgan fingerprint density at radius 3 is 2.74 bits per heavy atom. The zero-order valence-electron chi connectivity index (χ0n) is 12.7. The summed E-state index contributed by atoms with van der Waals surface area (Å²) in [7, 11) is 2.13. The highest BCUT2D eigenvalue weighted by Gasteiger charge is 2.36. The number of likely N-dealkylation sites (tertiary alicyclic amines) is 1. The zero-order chi connectivity index (χ0) is 14.3. The number of rotatable bonds is 2. The Morgan fingerprint density at radius 2 is 2.21 bits per heavy atom. The van der Waals surface area contributed by atoms with Gasteiger partial charge in [-0.05, 0) is 26.8 Å². The molecular formula is C15H26N2OS. The lowest BCUT2D eigenvalue weighted by Crippen LogP contribution is -2.48. The van der Waals surface area contributed by atoms with Crippen LogP contribution in [0.1, 0.15) is 51.2 Å². The highest BCUT2D eigenvalue weighted by atomic mass is 32.1. The van der Waals surface area contributed by atoms with Crippen LogP contribution >= 0.6 is 11.3 Å². The van der Waals surface area contributed by atoms with Crippen molar-refractivity contribution < 1.29 is 5.11 Å². The minimum atomic E-state index is -0.571. The van der Waals surface area contributed by atoms with Crippen LogP contribution in [0.15, 0.2) is 5.38 Å². The van der Waals surface area contributed by atoms with Gasteiger partial charge in [0.05, 0.1) is 16.3 Å². The third-order valence-corrected chi connectivity index (χ3v) is 5.01. The summed E-state index contributed by atoms with van der Waals surface area (Å²) in [6.07, 6.45) is 2.39. The van der Waals surface area contributed by atoms with Gasteiger partial charge in [0, 0.05) is 29.8 Å². The lowest BCUT2D eigenvalue weighted by Gasteiger charge is -2.40. The zero-order valence-corrected chi connectivity index (χ0v) is 13.5. The van der Waals surface area contributed by atoms with E-state index in [9.17, 15) is 5.11 Å². The van der Waals surface area contributed by atoms with Crippen molar-refractivity contribution in [1.29, 1.82) is 0 Å². The fourth-order valence-corrected chi connectivity index (χ4v) is 3.75. The first kappa shape index (κ1) is 14.9. The summed E-state index contributed by atoms with van der Waals surface area (Å²) in [5, 5.41) is 14.0. The highest BCUT2D eigenvalue weighted by molar-refractivity contribution is 7.09. The monoisotopic (exact) mass is 282 g/mol. The second-order valence-corrected chi connectivity index (χ2v) is 8.00. The molecule has 1 aliphatic rings. The van der Waals surface area contributed by atoms with E-state index in [-0.39, 0.29) is 5.41 Å². The van der Waals surface area contributed by atoms with Gasteiger partial charge in [0.1, 0.15) is 0 Å². The van der Waals surface area contributed by atoms with Crippen LogP contribution in [0.25, 0.3) is 0 Å². The molecule has 108 valence electrons. The van der Waals surface area contributed by atoms with E-state index in [0.29, 0.717) is 12.5 Å². The van der Waals surface area contributed by atoms with Crippen LogP contribution in [0.2, 0.25) is 0 Å². The number of nitrogens with zero attached hydrogens (tertiary/aromatic N) is 2. The molecular weight excluding hydrogens is 256 g/mol. The normalized spacial score (nSPS) is 29.7. The molecule has 1 aliphatic heterocycles. The Morgan fingerprint density at radius 1 is 1.53 bits per heavy atom. The number of aliphatic hydroxyl groups is 1. The van der Waals surface area contributed by atoms with Crippen LogP contribution in [-0.2, 0) is 11.8 Å². The van der Waals surface area contributed by atoms with Gasteiger partial charge in [0.15, 0.2) is 0 Å². The van der Waals surface area contributed by atoms with Crippen molar-refractivity contribution >= 4 is 11.3 Å². The van der Waals surface area contributed by atoms with Crippen molar-refractivity contribution in [3.8, 4) is 0 Å². The Kier molecular flexibility index (Phi) is 4.05. The van der Waals surface area contributed by atoms with Crippen LogP contribution in [-0.4, -0.2) is 40.2 Å². The molecule has 0 saturated carbocycles. The predicted octanol–water partition coefficient (Wildman–Crippen LogP) is 2.83. The summed E-state index contributed by atoms with van der Waals surface area (Å²) in [5.74, 6) is 0. The molecule has 0 aromatic carbocycles. The number of thiazole rings is 1. The van der Waals surface area contributed by atoms with E-state index in [1.54, 1.807) is 11.3 Å². The molecule has 1 aromatic rings. The maximum Gasteiger partial charge on any atom is 0.0957 e. The Balaban J connectivity index is 2.06. The molecule has 19 heavy (non-hydrogen) atoms. The SMILES string of the molecule is CC1CC(O)(Cc2nc(C(C)(C)C)cs2)CCN1C. The number of aromatic nitrogens is 1. The standard InChI is InChI=1S/C15H26N2OS/c1-11-8-15(18,6-7-17(11)5)9-13-16-12(10-19-13)14(2,3)4/h10-11,18H,6-9H2,1-5H3. The number of piperidine rings is 1. The third kappa shape index (κ3) is 3.56. The Bertz CT molecular complexity index is 438. The smallest absolute Gasteiger partial charge is 0.0957 e. The van der Waals surface area contributed by atoms with E-state index < -0.39 is 5.60 Å². The van der Waals surface area contributed by atoms with Gasteiger partial charge >= 0.3 is 0 Å². The van der Waals surface area contributed by atoms with E-state index in [2.05, 4.69) is 45.0 Å². The molecule has 2 rings (SSSR count). The van der Waals surface area contributed by atoms with E-state index in [1.165, 1.54) is 0 Å². The Hall–Kier alpha value is -0.450. The minimum absolute atomic E-state index is 0.0947. The number of hydrogen-bond donors (Lipinski definition) is 1. The summed E-state index contributed by atoms with van der Waals surface area (Å²) in [6, 6.07) is 0.445. The summed E-state index contributed by atoms with van der Waals surface area (Å²) >= 11 is 1.69. The maximum atomic E-state index is 10.8. The summed E-state index contributed by atoms with van der Waals surface area (Å²) < 4.78 is 0. The lowest BCUT2D eigenvalue weighted by molar-refractivity contribution is -0.0354. The summed E-state index contributed by atoms with van der Waals surface area (Å²) in [6.45, 7) is 9.69. The highest BCUT2D eigenvalue weighted by Crippen LogP contribution is 2.31. The fraction of sp³-hybridized carbons (Fsp3) is 0.800. The molecule has 2 heterocycles. The molecule has 1 aromatic heterocycles. The first-order valence-corrected chi connectivity index (χ1v) is 7.95. The van der Waals surface area contributed by atoms with E-state index in [1.807, 2.05) is 0 Å². The van der Waals surface area contributed by atoms with Crippen molar-refractivity contribution in [1.82, 2.24) is 9.88 Å². The van der Waals surface area contributed by atoms with Crippen LogP contribution in [0.5, 0.6) is 0 Å². The first-order valence-electron chi connectivity index (χ1n) is 7.07. The van der Waals surface area contributed by atoms with Gasteiger partial charge in [-0.25, -0.2) is 4.98 Å². The predicted molar refractivity (Wildman–Crippen MR) is 80.8 cm³/mol. The quantitative estimate of drug-likeness (QED) is 0.906. The van der Waals surface area contributed by atoms with Gasteiger partial charge in [-0.2, -0.15) is 0 Å². The Labute approximate surface area is 120 Å². The van der Waals surface area contributed by atoms with Crippen LogP contribution in [0.3, 0.4) is 0 Å². The lowest BCUT2D eigenvalue weighted by atomic mass is 9.85. The molecule has 1 fully saturated rings. The topological polar surface area (TPSA) is 36.4 Å². The van der Waals surface area contributed by atoms with Crippen LogP contribution in [0, 0.1) is 0 Å². The molecule has 1 saturated heterocycles. The summed E-state index contributed by atoms with van der Waals surface area (Å²) in [5.41, 5.74) is 0.660. The van der Waals surface area contributed by atoms with Crippen LogP contribution < -0.4 is 0 Å². The molecule has 2 unspecified atom stereocenters. The van der Waals surface area contributed by atoms with Crippen molar-refractivity contribution in [2.24, 2.45) is 0 Å². The second kappa shape index (κ2) is 5.15. The largest absolute Gasteiger partial charge is 0.389 e. The van der Waals surface area contributed by atoms with Crippen LogP contribution in [0.4, 0.5) is 0 Å². The van der Waals surface area contributed by atoms with Gasteiger partial charge in [0.2, 0.25) is 0 Å². The van der Waals surface area contributed by atoms with E-state index >= 15 is 0 Å². The molecule has 2 atom stereocenters. The molecule has 3 nitrogen and oxygen atoms in total. The van der Waals surface area contributed by atoms with Crippen molar-refractivity contribution in [2.75, 3.05) is 13.6 Å². The van der Waals surface area contributed by atoms with Gasteiger partial charge in [-0.3, -0.25) is 0 Å². The summed E-state index contributed by atoms with van der Waals surface area (Å²) in [4.78, 5) is 7.03. The molecule has 0 amide bonds. The number of hydrogen-bond acceptors (Lipinski definition) is 4. The second-order valence-electron chi connectivity index (χ2n) is 7.06. The average molecular weight is 282 g/mol. The fourth-order valence-electron chi connectivity index (χ4n) is 2.59. The average Bonchev–Trinajstić information content (AvgIpc) is 2.72. The van der Waals surface area contributed by atoms with Crippen molar-refractivity contribution in [2.45, 2.75) is 64.0 Å². The van der Waals surface area contributed by atoms with E-state index in [0.717, 1.165) is 30.1 Å². The minimum Gasteiger partial charge on any atom is -0.389 e. The first-order chi connectivity index (χ1) is 8.70. The molecule has 0 radical (unpaired) electrons. The van der Waals surface area contributed by atoms with E-state index in [4.69, 9.17) is 4.98 Å². The van der Waals surface area contributed by atoms with Crippen molar-refractivity contribution in [3.63, 3.8) is 0 Å². The molecule has 1 N–H and O–H groups in total. The molecule has 0 aliphatic carbocycles. The molecule has 0 bridgehead atoms. The van der Waals surface area contributed by atoms with Gasteiger partial charge in [-0.1, -0.05) is 20.8 Å².